The summed E-state index contributed by atoms with van der Waals surface area (Å²) in [5, 5.41) is 9.46. The van der Waals surface area contributed by atoms with Gasteiger partial charge in [0.1, 0.15) is 5.75 Å². The molecule has 0 aliphatic rings. The second-order valence-corrected chi connectivity index (χ2v) is 3.97. The van der Waals surface area contributed by atoms with Gasteiger partial charge in [0.15, 0.2) is 5.69 Å². The minimum absolute atomic E-state index is 0.00489. The van der Waals surface area contributed by atoms with Gasteiger partial charge >= 0.3 is 12.0 Å². The highest BCUT2D eigenvalue weighted by molar-refractivity contribution is 6.30. The average Bonchev–Trinajstić information content (AvgIpc) is 2.31. The lowest BCUT2D eigenvalue weighted by Gasteiger charge is -2.05. The van der Waals surface area contributed by atoms with Crippen LogP contribution < -0.4 is 4.74 Å². The van der Waals surface area contributed by atoms with Gasteiger partial charge in [0.05, 0.1) is 0 Å². The first kappa shape index (κ1) is 12.3. The quantitative estimate of drug-likeness (QED) is 0.923. The molecule has 0 saturated heterocycles. The second kappa shape index (κ2) is 5.01. The summed E-state index contributed by atoms with van der Waals surface area (Å²) in [7, 11) is 0. The summed E-state index contributed by atoms with van der Waals surface area (Å²) >= 11 is 5.74. The Labute approximate surface area is 108 Å². The summed E-state index contributed by atoms with van der Waals surface area (Å²) in [6.07, 6.45) is 0. The lowest BCUT2D eigenvalue weighted by Crippen LogP contribution is -2.04. The molecule has 1 aromatic heterocycles. The third-order valence-corrected chi connectivity index (χ3v) is 2.33. The monoisotopic (exact) mass is 264 g/mol. The van der Waals surface area contributed by atoms with E-state index in [1.54, 1.807) is 31.2 Å². The molecule has 0 atom stereocenters. The van der Waals surface area contributed by atoms with E-state index < -0.39 is 5.97 Å². The number of hydrogen-bond donors (Lipinski definition) is 1. The van der Waals surface area contributed by atoms with Gasteiger partial charge < -0.3 is 9.84 Å². The molecule has 2 aromatic rings. The van der Waals surface area contributed by atoms with Crippen LogP contribution in [0.25, 0.3) is 0 Å². The molecule has 0 aliphatic carbocycles. The van der Waals surface area contributed by atoms with Crippen LogP contribution in [-0.2, 0) is 0 Å². The SMILES string of the molecule is Cc1cc(C(=O)O)nc(Oc2ccc(Cl)cc2)n1. The summed E-state index contributed by atoms with van der Waals surface area (Å²) in [5.74, 6) is -0.636. The van der Waals surface area contributed by atoms with Crippen LogP contribution in [0.5, 0.6) is 11.8 Å². The smallest absolute Gasteiger partial charge is 0.354 e. The van der Waals surface area contributed by atoms with Crippen molar-refractivity contribution in [1.82, 2.24) is 9.97 Å². The molecule has 6 heteroatoms. The highest BCUT2D eigenvalue weighted by atomic mass is 35.5. The normalized spacial score (nSPS) is 10.1. The van der Waals surface area contributed by atoms with E-state index in [4.69, 9.17) is 21.4 Å². The Hall–Kier alpha value is -2.14. The van der Waals surface area contributed by atoms with Gasteiger partial charge in [-0.1, -0.05) is 11.6 Å². The Morgan fingerprint density at radius 1 is 1.28 bits per heavy atom. The fourth-order valence-corrected chi connectivity index (χ4v) is 1.43. The van der Waals surface area contributed by atoms with Crippen molar-refractivity contribution >= 4 is 17.6 Å². The predicted octanol–water partition coefficient (Wildman–Crippen LogP) is 2.93. The molecule has 0 amide bonds. The van der Waals surface area contributed by atoms with Crippen molar-refractivity contribution < 1.29 is 14.6 Å². The van der Waals surface area contributed by atoms with Crippen LogP contribution in [0.2, 0.25) is 5.02 Å². The van der Waals surface area contributed by atoms with Crippen molar-refractivity contribution in [2.75, 3.05) is 0 Å². The molecule has 0 spiro atoms. The maximum atomic E-state index is 10.8. The van der Waals surface area contributed by atoms with Crippen LogP contribution in [-0.4, -0.2) is 21.0 Å². The number of rotatable bonds is 3. The standard InChI is InChI=1S/C12H9ClN2O3/c1-7-6-10(11(16)17)15-12(14-7)18-9-4-2-8(13)3-5-9/h2-6H,1H3,(H,16,17). The molecular weight excluding hydrogens is 256 g/mol. The number of aromatic carboxylic acids is 1. The third kappa shape index (κ3) is 2.95. The Morgan fingerprint density at radius 2 is 1.94 bits per heavy atom. The van der Waals surface area contributed by atoms with Gasteiger partial charge in [-0.25, -0.2) is 9.78 Å². The highest BCUT2D eigenvalue weighted by Gasteiger charge is 2.10. The minimum Gasteiger partial charge on any atom is -0.477 e. The van der Waals surface area contributed by atoms with Crippen LogP contribution in [0.1, 0.15) is 16.2 Å². The molecule has 2 rings (SSSR count). The number of aryl methyl sites for hydroxylation is 1. The second-order valence-electron chi connectivity index (χ2n) is 3.54. The zero-order valence-electron chi connectivity index (χ0n) is 9.42. The first-order valence-electron chi connectivity index (χ1n) is 5.07. The molecule has 1 N–H and O–H groups in total. The van der Waals surface area contributed by atoms with Crippen molar-refractivity contribution in [3.63, 3.8) is 0 Å². The number of aromatic nitrogens is 2. The highest BCUT2D eigenvalue weighted by Crippen LogP contribution is 2.20. The summed E-state index contributed by atoms with van der Waals surface area (Å²) in [5.41, 5.74) is 0.415. The van der Waals surface area contributed by atoms with Crippen molar-refractivity contribution in [3.8, 4) is 11.8 Å². The summed E-state index contributed by atoms with van der Waals surface area (Å²) in [6, 6.07) is 7.98. The number of ether oxygens (including phenoxy) is 1. The van der Waals surface area contributed by atoms with Gasteiger partial charge in [-0.2, -0.15) is 4.98 Å². The molecule has 0 bridgehead atoms. The van der Waals surface area contributed by atoms with E-state index in [9.17, 15) is 4.79 Å². The predicted molar refractivity (Wildman–Crippen MR) is 65.3 cm³/mol. The van der Waals surface area contributed by atoms with E-state index in [1.165, 1.54) is 6.07 Å². The molecule has 1 heterocycles. The zero-order valence-corrected chi connectivity index (χ0v) is 10.2. The van der Waals surface area contributed by atoms with Gasteiger partial charge in [0.25, 0.3) is 0 Å². The van der Waals surface area contributed by atoms with E-state index >= 15 is 0 Å². The molecule has 0 fully saturated rings. The van der Waals surface area contributed by atoms with Gasteiger partial charge in [-0.3, -0.25) is 0 Å². The third-order valence-electron chi connectivity index (χ3n) is 2.08. The van der Waals surface area contributed by atoms with Crippen LogP contribution in [0.15, 0.2) is 30.3 Å². The molecular formula is C12H9ClN2O3. The van der Waals surface area contributed by atoms with Gasteiger partial charge in [-0.05, 0) is 37.3 Å². The molecule has 5 nitrogen and oxygen atoms in total. The zero-order chi connectivity index (χ0) is 13.1. The Bertz CT molecular complexity index is 584. The molecule has 0 unspecified atom stereocenters. The van der Waals surface area contributed by atoms with Gasteiger partial charge in [0, 0.05) is 10.7 Å². The molecule has 1 aromatic carbocycles. The number of halogens is 1. The largest absolute Gasteiger partial charge is 0.477 e. The fraction of sp³-hybridized carbons (Fsp3) is 0.0833. The van der Waals surface area contributed by atoms with Crippen LogP contribution in [0.4, 0.5) is 0 Å². The van der Waals surface area contributed by atoms with Crippen LogP contribution in [0.3, 0.4) is 0 Å². The number of nitrogens with zero attached hydrogens (tertiary/aromatic N) is 2. The van der Waals surface area contributed by atoms with E-state index in [0.717, 1.165) is 0 Å². The Morgan fingerprint density at radius 3 is 2.56 bits per heavy atom. The minimum atomic E-state index is -1.12. The Kier molecular flexibility index (Phi) is 3.43. The van der Waals surface area contributed by atoms with Gasteiger partial charge in [-0.15, -0.1) is 0 Å². The van der Waals surface area contributed by atoms with Crippen molar-refractivity contribution in [2.24, 2.45) is 0 Å². The van der Waals surface area contributed by atoms with Gasteiger partial charge in [0.2, 0.25) is 0 Å². The number of carbonyl (C=O) groups is 1. The summed E-state index contributed by atoms with van der Waals surface area (Å²) in [6.45, 7) is 1.67. The first-order valence-corrected chi connectivity index (χ1v) is 5.45. The maximum absolute atomic E-state index is 10.8. The molecule has 92 valence electrons. The number of hydrogen-bond acceptors (Lipinski definition) is 4. The fourth-order valence-electron chi connectivity index (χ4n) is 1.30. The van der Waals surface area contributed by atoms with Crippen molar-refractivity contribution in [2.45, 2.75) is 6.92 Å². The number of carboxylic acid groups (broad SMARTS) is 1. The molecule has 0 saturated carbocycles. The van der Waals surface area contributed by atoms with Crippen LogP contribution in [0, 0.1) is 6.92 Å². The molecule has 18 heavy (non-hydrogen) atoms. The average molecular weight is 265 g/mol. The van der Waals surface area contributed by atoms with Crippen LogP contribution >= 0.6 is 11.6 Å². The summed E-state index contributed by atoms with van der Waals surface area (Å²) < 4.78 is 5.36. The lowest BCUT2D eigenvalue weighted by molar-refractivity contribution is 0.0689. The first-order chi connectivity index (χ1) is 8.54. The van der Waals surface area contributed by atoms with E-state index in [0.29, 0.717) is 16.5 Å². The summed E-state index contributed by atoms with van der Waals surface area (Å²) in [4.78, 5) is 18.6. The van der Waals surface area contributed by atoms with E-state index in [-0.39, 0.29) is 11.7 Å². The van der Waals surface area contributed by atoms with E-state index in [1.807, 2.05) is 0 Å². The van der Waals surface area contributed by atoms with E-state index in [2.05, 4.69) is 9.97 Å². The Balaban J connectivity index is 2.28. The molecule has 0 radical (unpaired) electrons. The number of carboxylic acids is 1. The maximum Gasteiger partial charge on any atom is 0.354 e. The topological polar surface area (TPSA) is 72.3 Å². The van der Waals surface area contributed by atoms with Crippen molar-refractivity contribution in [1.29, 1.82) is 0 Å². The number of benzene rings is 1. The molecule has 0 aliphatic heterocycles. The van der Waals surface area contributed by atoms with Crippen molar-refractivity contribution in [3.05, 3.63) is 46.7 Å². The lowest BCUT2D eigenvalue weighted by atomic mass is 10.3.